The topological polar surface area (TPSA) is 41.1 Å². The minimum Gasteiger partial charge on any atom is -0.353 e. The van der Waals surface area contributed by atoms with Gasteiger partial charge in [0, 0.05) is 12.0 Å². The molecular formula is C15H21BrClFN2O. The minimum atomic E-state index is -0.267. The zero-order valence-corrected chi connectivity index (χ0v) is 14.6. The van der Waals surface area contributed by atoms with Crippen molar-refractivity contribution in [2.45, 2.75) is 26.3 Å². The van der Waals surface area contributed by atoms with E-state index in [1.165, 1.54) is 6.07 Å². The lowest BCUT2D eigenvalue weighted by molar-refractivity contribution is -0.127. The third kappa shape index (κ3) is 4.94. The molecule has 1 fully saturated rings. The van der Waals surface area contributed by atoms with Crippen molar-refractivity contribution in [3.8, 4) is 0 Å². The predicted molar refractivity (Wildman–Crippen MR) is 88.2 cm³/mol. The van der Waals surface area contributed by atoms with E-state index in [1.54, 1.807) is 12.1 Å². The Hall–Kier alpha value is -0.650. The first-order chi connectivity index (χ1) is 9.47. The van der Waals surface area contributed by atoms with Crippen molar-refractivity contribution < 1.29 is 9.18 Å². The maximum atomic E-state index is 13.2. The summed E-state index contributed by atoms with van der Waals surface area (Å²) >= 11 is 3.18. The van der Waals surface area contributed by atoms with Crippen LogP contribution in [0, 0.1) is 17.7 Å². The van der Waals surface area contributed by atoms with Crippen molar-refractivity contribution in [3.05, 3.63) is 34.1 Å². The second-order valence-corrected chi connectivity index (χ2v) is 6.42. The molecule has 1 aliphatic rings. The maximum absolute atomic E-state index is 13.2. The molecule has 3 nitrogen and oxygen atoms in total. The van der Waals surface area contributed by atoms with Gasteiger partial charge in [-0.3, -0.25) is 4.79 Å². The Balaban J connectivity index is 0.00000220. The molecule has 6 heteroatoms. The number of halogens is 3. The molecule has 118 valence electrons. The average molecular weight is 380 g/mol. The summed E-state index contributed by atoms with van der Waals surface area (Å²) in [5, 5.41) is 6.22. The quantitative estimate of drug-likeness (QED) is 0.826. The molecule has 0 aromatic heterocycles. The van der Waals surface area contributed by atoms with E-state index in [9.17, 15) is 9.18 Å². The number of hydrogen-bond acceptors (Lipinski definition) is 2. The normalized spacial score (nSPS) is 17.3. The Morgan fingerprint density at radius 3 is 2.67 bits per heavy atom. The molecular weight excluding hydrogens is 359 g/mol. The largest absolute Gasteiger partial charge is 0.353 e. The van der Waals surface area contributed by atoms with Crippen LogP contribution < -0.4 is 10.6 Å². The van der Waals surface area contributed by atoms with E-state index in [-0.39, 0.29) is 36.1 Å². The van der Waals surface area contributed by atoms with Crippen molar-refractivity contribution in [2.24, 2.45) is 11.8 Å². The molecule has 0 bridgehead atoms. The predicted octanol–water partition coefficient (Wildman–Crippen LogP) is 2.91. The Kier molecular flexibility index (Phi) is 7.10. The second-order valence-electron chi connectivity index (χ2n) is 5.57. The van der Waals surface area contributed by atoms with Crippen molar-refractivity contribution in [1.82, 2.24) is 10.6 Å². The molecule has 1 saturated heterocycles. The molecule has 0 saturated carbocycles. The summed E-state index contributed by atoms with van der Waals surface area (Å²) in [6.07, 6.45) is 0.695. The molecule has 21 heavy (non-hydrogen) atoms. The highest BCUT2D eigenvalue weighted by molar-refractivity contribution is 9.10. The summed E-state index contributed by atoms with van der Waals surface area (Å²) in [5.74, 6) is 0.322. The van der Waals surface area contributed by atoms with Crippen LogP contribution in [0.25, 0.3) is 0 Å². The van der Waals surface area contributed by atoms with Crippen molar-refractivity contribution >= 4 is 34.2 Å². The number of nitrogens with one attached hydrogen (secondary N) is 2. The van der Waals surface area contributed by atoms with E-state index in [2.05, 4.69) is 26.6 Å². The molecule has 1 aliphatic heterocycles. The summed E-state index contributed by atoms with van der Waals surface area (Å²) in [7, 11) is 0. The van der Waals surface area contributed by atoms with Gasteiger partial charge in [0.1, 0.15) is 5.82 Å². The van der Waals surface area contributed by atoms with Crippen LogP contribution in [-0.2, 0) is 11.2 Å². The first-order valence-electron chi connectivity index (χ1n) is 6.92. The van der Waals surface area contributed by atoms with Crippen molar-refractivity contribution in [3.63, 3.8) is 0 Å². The van der Waals surface area contributed by atoms with E-state index in [4.69, 9.17) is 0 Å². The standard InChI is InChI=1S/C15H20BrFN2O.ClH/c1-9(5-11-3-4-14(17)13(16)6-11)19-15(20)10(2)12-7-18-8-12;/h3-4,6,9-10,12,18H,5,7-8H2,1-2H3,(H,19,20);1H. The fourth-order valence-electron chi connectivity index (χ4n) is 2.32. The number of hydrogen-bond donors (Lipinski definition) is 2. The highest BCUT2D eigenvalue weighted by atomic mass is 79.9. The van der Waals surface area contributed by atoms with E-state index in [0.29, 0.717) is 16.8 Å². The average Bonchev–Trinajstić information content (AvgIpc) is 2.31. The summed E-state index contributed by atoms with van der Waals surface area (Å²) in [5.41, 5.74) is 1.00. The Morgan fingerprint density at radius 1 is 1.48 bits per heavy atom. The van der Waals surface area contributed by atoms with Crippen LogP contribution in [0.2, 0.25) is 0 Å². The molecule has 2 rings (SSSR count). The number of carbonyl (C=O) groups is 1. The summed E-state index contributed by atoms with van der Waals surface area (Å²) < 4.78 is 13.6. The van der Waals surface area contributed by atoms with Gasteiger partial charge in [-0.25, -0.2) is 4.39 Å². The van der Waals surface area contributed by atoms with Gasteiger partial charge in [-0.1, -0.05) is 13.0 Å². The summed E-state index contributed by atoms with van der Waals surface area (Å²) in [6.45, 7) is 5.80. The molecule has 2 unspecified atom stereocenters. The van der Waals surface area contributed by atoms with E-state index in [1.807, 2.05) is 13.8 Å². The fraction of sp³-hybridized carbons (Fsp3) is 0.533. The Labute approximate surface area is 139 Å². The molecule has 1 aromatic carbocycles. The lowest BCUT2D eigenvalue weighted by Gasteiger charge is -2.32. The maximum Gasteiger partial charge on any atom is 0.223 e. The molecule has 0 radical (unpaired) electrons. The Bertz CT molecular complexity index is 497. The lowest BCUT2D eigenvalue weighted by Crippen LogP contribution is -2.50. The SMILES string of the molecule is CC(Cc1ccc(F)c(Br)c1)NC(=O)C(C)C1CNC1.Cl. The molecule has 2 N–H and O–H groups in total. The number of rotatable bonds is 5. The van der Waals surface area contributed by atoms with Gasteiger partial charge in [-0.15, -0.1) is 12.4 Å². The van der Waals surface area contributed by atoms with Gasteiger partial charge < -0.3 is 10.6 Å². The van der Waals surface area contributed by atoms with Crippen LogP contribution in [0.15, 0.2) is 22.7 Å². The first-order valence-corrected chi connectivity index (χ1v) is 7.71. The zero-order valence-electron chi connectivity index (χ0n) is 12.2. The first kappa shape index (κ1) is 18.4. The smallest absolute Gasteiger partial charge is 0.223 e. The molecule has 1 heterocycles. The van der Waals surface area contributed by atoms with E-state index >= 15 is 0 Å². The van der Waals surface area contributed by atoms with Gasteiger partial charge in [0.15, 0.2) is 0 Å². The molecule has 1 aromatic rings. The van der Waals surface area contributed by atoms with Crippen molar-refractivity contribution in [2.75, 3.05) is 13.1 Å². The fourth-order valence-corrected chi connectivity index (χ4v) is 2.75. The van der Waals surface area contributed by atoms with Gasteiger partial charge in [0.2, 0.25) is 5.91 Å². The minimum absolute atomic E-state index is 0. The number of benzene rings is 1. The highest BCUT2D eigenvalue weighted by Gasteiger charge is 2.29. The van der Waals surface area contributed by atoms with Gasteiger partial charge in [-0.2, -0.15) is 0 Å². The lowest BCUT2D eigenvalue weighted by atomic mass is 9.88. The summed E-state index contributed by atoms with van der Waals surface area (Å²) in [4.78, 5) is 12.1. The third-order valence-corrected chi connectivity index (χ3v) is 4.46. The van der Waals surface area contributed by atoms with E-state index < -0.39 is 0 Å². The van der Waals surface area contributed by atoms with Gasteiger partial charge in [-0.05, 0) is 66.0 Å². The number of carbonyl (C=O) groups excluding carboxylic acids is 1. The van der Waals surface area contributed by atoms with Crippen LogP contribution in [0.3, 0.4) is 0 Å². The van der Waals surface area contributed by atoms with E-state index in [0.717, 1.165) is 18.7 Å². The summed E-state index contributed by atoms with van der Waals surface area (Å²) in [6, 6.07) is 4.99. The van der Waals surface area contributed by atoms with Crippen LogP contribution in [0.1, 0.15) is 19.4 Å². The Morgan fingerprint density at radius 2 is 2.14 bits per heavy atom. The molecule has 0 aliphatic carbocycles. The zero-order chi connectivity index (χ0) is 14.7. The monoisotopic (exact) mass is 378 g/mol. The molecule has 0 spiro atoms. The number of amides is 1. The third-order valence-electron chi connectivity index (χ3n) is 3.85. The molecule has 2 atom stereocenters. The molecule has 1 amide bonds. The van der Waals surface area contributed by atoms with Crippen LogP contribution in [0.5, 0.6) is 0 Å². The van der Waals surface area contributed by atoms with Crippen LogP contribution in [0.4, 0.5) is 4.39 Å². The van der Waals surface area contributed by atoms with Crippen LogP contribution in [-0.4, -0.2) is 25.0 Å². The highest BCUT2D eigenvalue weighted by Crippen LogP contribution is 2.19. The van der Waals surface area contributed by atoms with Gasteiger partial charge in [0.25, 0.3) is 0 Å². The van der Waals surface area contributed by atoms with Crippen molar-refractivity contribution in [1.29, 1.82) is 0 Å². The second kappa shape index (κ2) is 8.11. The van der Waals surface area contributed by atoms with Gasteiger partial charge >= 0.3 is 0 Å². The van der Waals surface area contributed by atoms with Crippen LogP contribution >= 0.6 is 28.3 Å². The van der Waals surface area contributed by atoms with Gasteiger partial charge in [0.05, 0.1) is 4.47 Å².